The van der Waals surface area contributed by atoms with E-state index in [9.17, 15) is 74.4 Å². The molecule has 0 heterocycles. The number of aliphatic carboxylic acids is 3. The minimum atomic E-state index is -1.10. The van der Waals surface area contributed by atoms with Crippen LogP contribution in [0.4, 0.5) is 4.79 Å². The van der Waals surface area contributed by atoms with Gasteiger partial charge >= 0.3 is 41.9 Å². The van der Waals surface area contributed by atoms with Crippen molar-refractivity contribution in [2.45, 2.75) is 549 Å². The van der Waals surface area contributed by atoms with Crippen LogP contribution < -0.4 is 5.32 Å². The predicted molar refractivity (Wildman–Crippen MR) is 559 cm³/mol. The number of rotatable bonds is 36. The number of hydrogen-bond acceptors (Lipinski definition) is 19. The zero-order valence-electron chi connectivity index (χ0n) is 92.9. The summed E-state index contributed by atoms with van der Waals surface area (Å²) in [4.78, 5) is 82.2. The number of carbonyl (C=O) groups excluding carboxylic acids is 4. The molecule has 0 saturated heterocycles. The van der Waals surface area contributed by atoms with Crippen LogP contribution in [0.2, 0.25) is 0 Å². The standard InChI is InChI=1S/2C31H52O6.C30H51NO6.C29H50O4/c2*1-5-6-7-8-15-31(4,36)26-10-9-22-21-19-25(37-28(35)12-11-27(33)34)24-18-20(32)13-16-29(24,2)23(21)14-17-30(22,26)3;1-5-6-7-8-13-30(4,36)25-10-9-21-20-17-24(32)23-16-19(37-27(35)31-18-26(33)34)11-14-28(23,2)22(20)12-15-29(21,25)3;1-6-7-8-9-14-29(5,32)26-11-10-22-21-18-25(33-19(2)30)24-17-20(31)12-15-27(24,3)23(21)13-16-28(22,26)4/h2*20-26,32,36H,5-19H2,1-4H3,(H,33,34);19-25,32,36H,5-18H2,1-4H3,(H,31,35)(H,33,34);20-26,31-32H,6-18H2,1-5H3/t2*20-,21-,22-,23-,24+,25-,26-,29+,30-,31-;19-,20-,21-,22-,23+,24-,25-,28+,29-,30-;20-,21-,22-,23-,24+,25-,26-,27+,28-,29-/m0000/s1. The van der Waals surface area contributed by atoms with Crippen molar-refractivity contribution in [3.63, 3.8) is 0 Å². The highest BCUT2D eigenvalue weighted by molar-refractivity contribution is 5.78. The van der Waals surface area contributed by atoms with E-state index in [1.54, 1.807) is 0 Å². The van der Waals surface area contributed by atoms with Crippen molar-refractivity contribution >= 4 is 41.9 Å². The SMILES string of the molecule is CCCCCC[C@](C)(O)[C@H]1CC[C@H]2[C@@H]3C[C@H](O)[C@H]4C[C@@H](OC(=O)NCC(=O)O)CC[C@]4(C)[C@H]3CC[C@@]21C.CCCCCC[C@](C)(O)[C@H]1CC[C@H]2[C@@H]3C[C@H](OC(=O)CCC(=O)O)[C@H]4C[C@@H](O)CC[C@]4(C)[C@H]3CC[C@@]21C.CCCCCC[C@](C)(O)[C@H]1CC[C@H]2[C@@H]3C[C@H](OC(=O)CCC(=O)O)[C@H]4C[C@@H](O)CC[C@]4(C)[C@H]3CC[C@@]21C.CCCCCC[C@](C)(O)[C@H]1CC[C@H]2[C@@H]3C[C@H](OC(C)=O)[C@H]4C[C@@H](O)CC[C@]4(C)[C@H]3CC[C@@]21C. The summed E-state index contributed by atoms with van der Waals surface area (Å²) in [5.41, 5.74) is -1.85. The molecule has 40 atom stereocenters. The van der Waals surface area contributed by atoms with Crippen LogP contribution in [0, 0.1) is 162 Å². The number of carbonyl (C=O) groups is 7. The van der Waals surface area contributed by atoms with E-state index in [4.69, 9.17) is 34.3 Å². The van der Waals surface area contributed by atoms with Gasteiger partial charge in [-0.3, -0.25) is 28.8 Å². The third-order valence-electron chi connectivity index (χ3n) is 46.3. The number of ether oxygens (including phenoxy) is 4. The number of aliphatic hydroxyl groups is 8. The molecule has 0 radical (unpaired) electrons. The molecule has 23 heteroatoms. The summed E-state index contributed by atoms with van der Waals surface area (Å²) in [5.74, 6) is 4.13. The molecular formula is C121H205NO22. The number of hydrogen-bond donors (Lipinski definition) is 12. The van der Waals surface area contributed by atoms with E-state index in [2.05, 4.69) is 116 Å². The van der Waals surface area contributed by atoms with Gasteiger partial charge in [0.15, 0.2) is 0 Å². The summed E-state index contributed by atoms with van der Waals surface area (Å²) < 4.78 is 23.7. The number of carboxylic acids is 3. The fraction of sp³-hybridized carbons (Fsp3) is 0.942. The first-order valence-electron chi connectivity index (χ1n) is 59.6. The highest BCUT2D eigenvalue weighted by Gasteiger charge is 2.71. The van der Waals surface area contributed by atoms with Crippen LogP contribution in [0.1, 0.15) is 477 Å². The largest absolute Gasteiger partial charge is 0.481 e. The average molecular weight is 2030 g/mol. The minimum Gasteiger partial charge on any atom is -0.481 e. The number of nitrogens with one attached hydrogen (secondary N) is 1. The molecule has 16 aliphatic carbocycles. The summed E-state index contributed by atoms with van der Waals surface area (Å²) in [6, 6.07) is 0. The Morgan fingerprint density at radius 3 is 0.847 bits per heavy atom. The van der Waals surface area contributed by atoms with E-state index in [0.29, 0.717) is 114 Å². The number of fused-ring (bicyclic) bond motifs is 20. The second kappa shape index (κ2) is 47.8. The highest BCUT2D eigenvalue weighted by Crippen LogP contribution is 2.75. The highest BCUT2D eigenvalue weighted by atomic mass is 16.6. The van der Waals surface area contributed by atoms with Gasteiger partial charge in [0, 0.05) is 24.7 Å². The van der Waals surface area contributed by atoms with Gasteiger partial charge in [-0.2, -0.15) is 0 Å². The van der Waals surface area contributed by atoms with Crippen molar-refractivity contribution in [2.24, 2.45) is 162 Å². The van der Waals surface area contributed by atoms with Gasteiger partial charge in [0.05, 0.1) is 72.5 Å². The van der Waals surface area contributed by atoms with Crippen molar-refractivity contribution in [1.29, 1.82) is 0 Å². The normalized spacial score (nSPS) is 43.6. The maximum absolute atomic E-state index is 12.7. The lowest BCUT2D eigenvalue weighted by atomic mass is 9.43. The Hall–Kier alpha value is -4.23. The second-order valence-electron chi connectivity index (χ2n) is 54.7. The molecule has 16 aliphatic rings. The predicted octanol–water partition coefficient (Wildman–Crippen LogP) is 24.0. The van der Waals surface area contributed by atoms with Gasteiger partial charge in [0.25, 0.3) is 0 Å². The summed E-state index contributed by atoms with van der Waals surface area (Å²) in [5, 5.41) is 119. The second-order valence-corrected chi connectivity index (χ2v) is 54.7. The van der Waals surface area contributed by atoms with Crippen LogP contribution >= 0.6 is 0 Å². The zero-order chi connectivity index (χ0) is 105. The number of aliphatic hydroxyl groups excluding tert-OH is 4. The van der Waals surface area contributed by atoms with Gasteiger partial charge in [0.1, 0.15) is 31.0 Å². The third kappa shape index (κ3) is 24.7. The number of amides is 1. The van der Waals surface area contributed by atoms with E-state index in [-0.39, 0.29) is 141 Å². The number of alkyl carbamates (subject to hydrolysis) is 1. The third-order valence-corrected chi connectivity index (χ3v) is 46.3. The van der Waals surface area contributed by atoms with E-state index in [1.807, 2.05) is 0 Å². The Balaban J connectivity index is 0.000000161. The Morgan fingerprint density at radius 1 is 0.292 bits per heavy atom. The molecule has 826 valence electrons. The molecular weight excluding hydrogens is 1820 g/mol. The molecule has 0 spiro atoms. The fourth-order valence-electron chi connectivity index (χ4n) is 39.4. The number of esters is 3. The van der Waals surface area contributed by atoms with E-state index >= 15 is 0 Å². The van der Waals surface area contributed by atoms with Gasteiger partial charge in [-0.15, -0.1) is 0 Å². The Morgan fingerprint density at radius 2 is 0.562 bits per heavy atom. The quantitative estimate of drug-likeness (QED) is 0.0157. The summed E-state index contributed by atoms with van der Waals surface area (Å²) in [6.07, 6.45) is 50.3. The molecule has 0 aromatic heterocycles. The van der Waals surface area contributed by atoms with E-state index < -0.39 is 71.0 Å². The first-order chi connectivity index (χ1) is 67.8. The van der Waals surface area contributed by atoms with Gasteiger partial charge in [-0.05, 0) is 403 Å². The minimum absolute atomic E-state index is 0.0157. The smallest absolute Gasteiger partial charge is 0.407 e. The lowest BCUT2D eigenvalue weighted by molar-refractivity contribution is -0.197. The molecule has 0 bridgehead atoms. The van der Waals surface area contributed by atoms with Crippen LogP contribution in [-0.2, 0) is 47.7 Å². The van der Waals surface area contributed by atoms with Crippen molar-refractivity contribution in [3.05, 3.63) is 0 Å². The van der Waals surface area contributed by atoms with E-state index in [1.165, 1.54) is 103 Å². The maximum Gasteiger partial charge on any atom is 0.407 e. The van der Waals surface area contributed by atoms with Crippen LogP contribution in [0.5, 0.6) is 0 Å². The van der Waals surface area contributed by atoms with Gasteiger partial charge in [0.2, 0.25) is 0 Å². The Labute approximate surface area is 867 Å². The first-order valence-corrected chi connectivity index (χ1v) is 59.6. The van der Waals surface area contributed by atoms with Gasteiger partial charge < -0.3 is 80.4 Å². The molecule has 23 nitrogen and oxygen atoms in total. The van der Waals surface area contributed by atoms with Crippen LogP contribution in [0.15, 0.2) is 0 Å². The lowest BCUT2D eigenvalue weighted by Crippen LogP contribution is -2.59. The van der Waals surface area contributed by atoms with Gasteiger partial charge in [-0.25, -0.2) is 4.79 Å². The van der Waals surface area contributed by atoms with Crippen molar-refractivity contribution in [3.8, 4) is 0 Å². The average Bonchev–Trinajstić information content (AvgIpc) is 1.47. The van der Waals surface area contributed by atoms with Gasteiger partial charge in [-0.1, -0.05) is 186 Å². The number of carboxylic acid groups (broad SMARTS) is 3. The molecule has 0 aromatic carbocycles. The molecule has 16 rings (SSSR count). The topological polar surface area (TPSA) is 391 Å². The van der Waals surface area contributed by atoms with Crippen molar-refractivity contribution in [2.75, 3.05) is 6.54 Å². The van der Waals surface area contributed by atoms with Crippen molar-refractivity contribution < 1.29 is 109 Å². The first kappa shape index (κ1) is 117. The van der Waals surface area contributed by atoms with Crippen LogP contribution in [0.25, 0.3) is 0 Å². The molecule has 144 heavy (non-hydrogen) atoms. The zero-order valence-corrected chi connectivity index (χ0v) is 92.9. The molecule has 0 aromatic rings. The van der Waals surface area contributed by atoms with E-state index in [0.717, 1.165) is 218 Å². The fourth-order valence-corrected chi connectivity index (χ4v) is 39.4. The molecule has 0 unspecified atom stereocenters. The molecule has 16 saturated carbocycles. The van der Waals surface area contributed by atoms with Crippen molar-refractivity contribution in [1.82, 2.24) is 5.32 Å². The number of unbranched alkanes of at least 4 members (excludes halogenated alkanes) is 12. The summed E-state index contributed by atoms with van der Waals surface area (Å²) in [6.45, 7) is 37.7. The van der Waals surface area contributed by atoms with Crippen LogP contribution in [0.3, 0.4) is 0 Å². The Kier molecular flexibility index (Phi) is 38.8. The monoisotopic (exact) mass is 2020 g/mol. The Bertz CT molecular complexity index is 4090. The lowest BCUT2D eigenvalue weighted by Gasteiger charge is -2.63. The molecule has 16 fully saturated rings. The summed E-state index contributed by atoms with van der Waals surface area (Å²) in [7, 11) is 0. The van der Waals surface area contributed by atoms with Crippen LogP contribution in [-0.4, -0.2) is 176 Å². The maximum atomic E-state index is 12.7. The summed E-state index contributed by atoms with van der Waals surface area (Å²) >= 11 is 0. The molecule has 0 aliphatic heterocycles. The molecule has 12 N–H and O–H groups in total. The molecule has 1 amide bonds.